The summed E-state index contributed by atoms with van der Waals surface area (Å²) in [6.45, 7) is 14.8. The lowest BCUT2D eigenvalue weighted by Gasteiger charge is -2.30. The summed E-state index contributed by atoms with van der Waals surface area (Å²) in [4.78, 5) is 0. The van der Waals surface area contributed by atoms with Gasteiger partial charge >= 0.3 is 0 Å². The molecule has 1 aliphatic carbocycles. The van der Waals surface area contributed by atoms with Crippen molar-refractivity contribution in [2.45, 2.75) is 86.2 Å². The van der Waals surface area contributed by atoms with Crippen LogP contribution >= 0.6 is 0 Å². The molecule has 2 aromatic rings. The highest BCUT2D eigenvalue weighted by molar-refractivity contribution is 5.76. The smallest absolute Gasteiger partial charge is 0.127 e. The van der Waals surface area contributed by atoms with Gasteiger partial charge in [-0.3, -0.25) is 0 Å². The molecule has 0 fully saturated rings. The van der Waals surface area contributed by atoms with E-state index in [4.69, 9.17) is 4.74 Å². The Morgan fingerprint density at radius 2 is 1.59 bits per heavy atom. The van der Waals surface area contributed by atoms with Crippen molar-refractivity contribution in [3.63, 3.8) is 0 Å². The van der Waals surface area contributed by atoms with Crippen molar-refractivity contribution < 1.29 is 4.74 Å². The molecule has 1 nitrogen and oxygen atoms in total. The monoisotopic (exact) mass is 432 g/mol. The fourth-order valence-corrected chi connectivity index (χ4v) is 5.08. The van der Waals surface area contributed by atoms with E-state index < -0.39 is 0 Å². The first-order valence-electron chi connectivity index (χ1n) is 12.9. The van der Waals surface area contributed by atoms with Gasteiger partial charge in [-0.05, 0) is 78.0 Å². The molecule has 3 atom stereocenters. The minimum atomic E-state index is 0.531. The lowest BCUT2D eigenvalue weighted by Crippen LogP contribution is -2.14. The molecule has 0 amide bonds. The molecule has 0 spiro atoms. The van der Waals surface area contributed by atoms with E-state index in [1.54, 1.807) is 0 Å². The largest absolute Gasteiger partial charge is 0.488 e. The Hall–Kier alpha value is -2.02. The van der Waals surface area contributed by atoms with Gasteiger partial charge in [0.25, 0.3) is 0 Å². The number of hydrogen-bond donors (Lipinski definition) is 0. The van der Waals surface area contributed by atoms with Crippen LogP contribution in [0.3, 0.4) is 0 Å². The Labute approximate surface area is 197 Å². The van der Waals surface area contributed by atoms with Crippen LogP contribution in [0.1, 0.15) is 96.3 Å². The van der Waals surface area contributed by atoms with Crippen molar-refractivity contribution in [2.75, 3.05) is 0 Å². The van der Waals surface area contributed by atoms with Crippen LogP contribution in [0.2, 0.25) is 0 Å². The SMILES string of the molecule is CC(C)CCC(CCCC1=CC(C)C(C)c2cccc(OCc3ccccc3)c21)C(C)C. The van der Waals surface area contributed by atoms with Crippen molar-refractivity contribution in [1.82, 2.24) is 0 Å². The number of allylic oxidation sites excluding steroid dienone is 2. The van der Waals surface area contributed by atoms with Gasteiger partial charge in [-0.1, -0.05) is 96.5 Å². The van der Waals surface area contributed by atoms with Crippen LogP contribution in [-0.2, 0) is 6.61 Å². The van der Waals surface area contributed by atoms with Crippen LogP contribution in [0.15, 0.2) is 54.6 Å². The van der Waals surface area contributed by atoms with Crippen molar-refractivity contribution in [3.8, 4) is 5.75 Å². The summed E-state index contributed by atoms with van der Waals surface area (Å²) >= 11 is 0. The second-order valence-electron chi connectivity index (χ2n) is 10.7. The molecule has 0 radical (unpaired) electrons. The van der Waals surface area contributed by atoms with Gasteiger partial charge in [-0.25, -0.2) is 0 Å². The maximum atomic E-state index is 6.39. The third-order valence-electron chi connectivity index (χ3n) is 7.44. The van der Waals surface area contributed by atoms with Crippen LogP contribution in [0.5, 0.6) is 5.75 Å². The Balaban J connectivity index is 1.74. The van der Waals surface area contributed by atoms with Gasteiger partial charge in [-0.2, -0.15) is 0 Å². The van der Waals surface area contributed by atoms with Crippen LogP contribution in [0, 0.1) is 23.7 Å². The summed E-state index contributed by atoms with van der Waals surface area (Å²) in [6.07, 6.45) is 8.99. The first kappa shape index (κ1) is 24.6. The Kier molecular flexibility index (Phi) is 9.02. The fraction of sp³-hybridized carbons (Fsp3) is 0.548. The van der Waals surface area contributed by atoms with E-state index in [1.807, 2.05) is 0 Å². The maximum Gasteiger partial charge on any atom is 0.127 e. The second-order valence-corrected chi connectivity index (χ2v) is 10.7. The van der Waals surface area contributed by atoms with Gasteiger partial charge in [0.1, 0.15) is 12.4 Å². The topological polar surface area (TPSA) is 9.23 Å². The van der Waals surface area contributed by atoms with Gasteiger partial charge in [-0.15, -0.1) is 0 Å². The fourth-order valence-electron chi connectivity index (χ4n) is 5.08. The molecule has 2 aromatic carbocycles. The zero-order valence-corrected chi connectivity index (χ0v) is 21.2. The summed E-state index contributed by atoms with van der Waals surface area (Å²) in [5.74, 6) is 4.56. The molecule has 0 bridgehead atoms. The zero-order chi connectivity index (χ0) is 23.1. The molecule has 32 heavy (non-hydrogen) atoms. The normalized spacial score (nSPS) is 19.1. The van der Waals surface area contributed by atoms with Gasteiger partial charge in [0.15, 0.2) is 0 Å². The van der Waals surface area contributed by atoms with Gasteiger partial charge in [0.2, 0.25) is 0 Å². The van der Waals surface area contributed by atoms with E-state index in [0.717, 1.165) is 29.9 Å². The van der Waals surface area contributed by atoms with E-state index in [1.165, 1.54) is 47.9 Å². The predicted octanol–water partition coefficient (Wildman–Crippen LogP) is 9.28. The van der Waals surface area contributed by atoms with E-state index >= 15 is 0 Å². The zero-order valence-electron chi connectivity index (χ0n) is 21.2. The van der Waals surface area contributed by atoms with E-state index in [9.17, 15) is 0 Å². The Bertz CT molecular complexity index is 861. The average Bonchev–Trinajstić information content (AvgIpc) is 2.78. The summed E-state index contributed by atoms with van der Waals surface area (Å²) < 4.78 is 6.39. The van der Waals surface area contributed by atoms with Crippen molar-refractivity contribution in [2.24, 2.45) is 23.7 Å². The van der Waals surface area contributed by atoms with Gasteiger partial charge in [0, 0.05) is 5.56 Å². The molecular weight excluding hydrogens is 388 g/mol. The Morgan fingerprint density at radius 3 is 2.28 bits per heavy atom. The molecule has 0 saturated heterocycles. The van der Waals surface area contributed by atoms with Crippen LogP contribution in [0.25, 0.3) is 5.57 Å². The number of benzene rings is 2. The molecule has 3 rings (SSSR count). The quantitative estimate of drug-likeness (QED) is 0.344. The molecule has 1 heteroatoms. The van der Waals surface area contributed by atoms with Gasteiger partial charge in [0.05, 0.1) is 0 Å². The minimum Gasteiger partial charge on any atom is -0.488 e. The molecule has 0 aliphatic heterocycles. The minimum absolute atomic E-state index is 0.531. The lowest BCUT2D eigenvalue weighted by molar-refractivity contribution is 0.302. The van der Waals surface area contributed by atoms with Gasteiger partial charge < -0.3 is 4.74 Å². The molecule has 174 valence electrons. The maximum absolute atomic E-state index is 6.39. The van der Waals surface area contributed by atoms with E-state index in [0.29, 0.717) is 18.4 Å². The van der Waals surface area contributed by atoms with Crippen LogP contribution in [0.4, 0.5) is 0 Å². The average molecular weight is 433 g/mol. The lowest BCUT2D eigenvalue weighted by atomic mass is 9.76. The highest BCUT2D eigenvalue weighted by Crippen LogP contribution is 2.44. The van der Waals surface area contributed by atoms with Crippen LogP contribution < -0.4 is 4.74 Å². The molecule has 0 saturated carbocycles. The third-order valence-corrected chi connectivity index (χ3v) is 7.44. The highest BCUT2D eigenvalue weighted by Gasteiger charge is 2.26. The first-order chi connectivity index (χ1) is 15.4. The van der Waals surface area contributed by atoms with Crippen molar-refractivity contribution in [1.29, 1.82) is 0 Å². The highest BCUT2D eigenvalue weighted by atomic mass is 16.5. The second kappa shape index (κ2) is 11.7. The molecule has 0 aromatic heterocycles. The summed E-state index contributed by atoms with van der Waals surface area (Å²) in [6, 6.07) is 17.2. The van der Waals surface area contributed by atoms with Crippen LogP contribution in [-0.4, -0.2) is 0 Å². The predicted molar refractivity (Wildman–Crippen MR) is 139 cm³/mol. The molecule has 0 heterocycles. The summed E-state index contributed by atoms with van der Waals surface area (Å²) in [5.41, 5.74) is 5.55. The number of ether oxygens (including phenoxy) is 1. The molecule has 3 unspecified atom stereocenters. The van der Waals surface area contributed by atoms with Crippen molar-refractivity contribution in [3.05, 3.63) is 71.3 Å². The number of fused-ring (bicyclic) bond motifs is 1. The number of rotatable bonds is 11. The molecular formula is C31H44O. The Morgan fingerprint density at radius 1 is 0.844 bits per heavy atom. The third kappa shape index (κ3) is 6.50. The first-order valence-corrected chi connectivity index (χ1v) is 12.9. The molecule has 0 N–H and O–H groups in total. The van der Waals surface area contributed by atoms with E-state index in [2.05, 4.69) is 96.1 Å². The van der Waals surface area contributed by atoms with E-state index in [-0.39, 0.29) is 0 Å². The number of hydrogen-bond acceptors (Lipinski definition) is 1. The van der Waals surface area contributed by atoms with Crippen molar-refractivity contribution >= 4 is 5.57 Å². The summed E-state index contributed by atoms with van der Waals surface area (Å²) in [5, 5.41) is 0. The standard InChI is InChI=1S/C31H44O/c1-22(2)18-19-27(23(3)4)14-10-15-28-20-24(5)25(6)29-16-11-17-30(31(28)29)32-21-26-12-8-7-9-13-26/h7-9,11-13,16-17,20,22-25,27H,10,14-15,18-19,21H2,1-6H3. The summed E-state index contributed by atoms with van der Waals surface area (Å²) in [7, 11) is 0. The molecule has 1 aliphatic rings.